The standard InChI is InChI=1S/C16H21NO4S/c1-12-10-14(21-2)4-5-15(12)22(19,20)17-9-6-13(18)11-16(17)7-3-8-16/h4-5,10H,3,6-9,11H2,1-2H3. The number of hydrogen-bond donors (Lipinski definition) is 0. The van der Waals surface area contributed by atoms with Gasteiger partial charge in [-0.3, -0.25) is 4.79 Å². The first-order chi connectivity index (χ1) is 10.4. The fourth-order valence-corrected chi connectivity index (χ4v) is 5.58. The van der Waals surface area contributed by atoms with Crippen molar-refractivity contribution in [2.75, 3.05) is 13.7 Å². The van der Waals surface area contributed by atoms with Crippen molar-refractivity contribution in [3.63, 3.8) is 0 Å². The van der Waals surface area contributed by atoms with Crippen molar-refractivity contribution in [3.05, 3.63) is 23.8 Å². The van der Waals surface area contributed by atoms with Crippen LogP contribution in [0.15, 0.2) is 23.1 Å². The van der Waals surface area contributed by atoms with Crippen LogP contribution in [0.25, 0.3) is 0 Å². The molecular weight excluding hydrogens is 302 g/mol. The monoisotopic (exact) mass is 323 g/mol. The van der Waals surface area contributed by atoms with E-state index in [1.165, 1.54) is 0 Å². The Morgan fingerprint density at radius 1 is 1.27 bits per heavy atom. The van der Waals surface area contributed by atoms with Gasteiger partial charge in [-0.1, -0.05) is 0 Å². The summed E-state index contributed by atoms with van der Waals surface area (Å²) in [5, 5.41) is 0. The second-order valence-electron chi connectivity index (χ2n) is 6.25. The third-order valence-electron chi connectivity index (χ3n) is 4.88. The number of ketones is 1. The van der Waals surface area contributed by atoms with Gasteiger partial charge < -0.3 is 4.74 Å². The fraction of sp³-hybridized carbons (Fsp3) is 0.562. The molecule has 22 heavy (non-hydrogen) atoms. The van der Waals surface area contributed by atoms with Gasteiger partial charge in [0.2, 0.25) is 10.0 Å². The smallest absolute Gasteiger partial charge is 0.243 e. The number of piperidine rings is 1. The van der Waals surface area contributed by atoms with Gasteiger partial charge in [-0.15, -0.1) is 0 Å². The molecule has 1 aromatic rings. The highest BCUT2D eigenvalue weighted by atomic mass is 32.2. The average Bonchev–Trinajstić information content (AvgIpc) is 2.44. The predicted molar refractivity (Wildman–Crippen MR) is 82.4 cm³/mol. The van der Waals surface area contributed by atoms with Gasteiger partial charge in [0.15, 0.2) is 0 Å². The Morgan fingerprint density at radius 3 is 2.55 bits per heavy atom. The van der Waals surface area contributed by atoms with Gasteiger partial charge in [-0.05, 0) is 49.9 Å². The molecule has 1 aromatic carbocycles. The predicted octanol–water partition coefficient (Wildman–Crippen LogP) is 2.28. The van der Waals surface area contributed by atoms with Crippen molar-refractivity contribution in [2.24, 2.45) is 0 Å². The zero-order chi connectivity index (χ0) is 16.0. The number of sulfonamides is 1. The van der Waals surface area contributed by atoms with Crippen molar-refractivity contribution in [2.45, 2.75) is 49.5 Å². The molecule has 1 spiro atoms. The van der Waals surface area contributed by atoms with Crippen LogP contribution in [0.5, 0.6) is 5.75 Å². The molecule has 0 aromatic heterocycles. The largest absolute Gasteiger partial charge is 0.497 e. The summed E-state index contributed by atoms with van der Waals surface area (Å²) < 4.78 is 32.9. The Hall–Kier alpha value is -1.40. The van der Waals surface area contributed by atoms with E-state index in [1.54, 1.807) is 36.5 Å². The highest BCUT2D eigenvalue weighted by Crippen LogP contribution is 2.46. The number of carbonyl (C=O) groups excluding carboxylic acids is 1. The van der Waals surface area contributed by atoms with Crippen LogP contribution < -0.4 is 4.74 Å². The maximum Gasteiger partial charge on any atom is 0.243 e. The topological polar surface area (TPSA) is 63.7 Å². The zero-order valence-electron chi connectivity index (χ0n) is 13.0. The first-order valence-corrected chi connectivity index (χ1v) is 9.02. The van der Waals surface area contributed by atoms with E-state index in [4.69, 9.17) is 4.74 Å². The van der Waals surface area contributed by atoms with Crippen molar-refractivity contribution >= 4 is 15.8 Å². The van der Waals surface area contributed by atoms with Crippen LogP contribution in [-0.4, -0.2) is 37.7 Å². The molecule has 0 bridgehead atoms. The van der Waals surface area contributed by atoms with Crippen LogP contribution in [0.1, 0.15) is 37.7 Å². The number of aryl methyl sites for hydroxylation is 1. The van der Waals surface area contributed by atoms with E-state index in [2.05, 4.69) is 0 Å². The number of hydrogen-bond acceptors (Lipinski definition) is 4. The molecule has 1 saturated carbocycles. The number of nitrogens with zero attached hydrogens (tertiary/aromatic N) is 1. The summed E-state index contributed by atoms with van der Waals surface area (Å²) >= 11 is 0. The van der Waals surface area contributed by atoms with Gasteiger partial charge in [-0.2, -0.15) is 4.31 Å². The van der Waals surface area contributed by atoms with Crippen LogP contribution in [0, 0.1) is 6.92 Å². The maximum atomic E-state index is 13.1. The number of methoxy groups -OCH3 is 1. The molecule has 0 atom stereocenters. The molecule has 0 unspecified atom stereocenters. The van der Waals surface area contributed by atoms with Gasteiger partial charge in [-0.25, -0.2) is 8.42 Å². The third kappa shape index (κ3) is 2.34. The molecule has 2 fully saturated rings. The van der Waals surface area contributed by atoms with E-state index in [1.807, 2.05) is 0 Å². The van der Waals surface area contributed by atoms with E-state index in [0.717, 1.165) is 19.3 Å². The Morgan fingerprint density at radius 2 is 2.00 bits per heavy atom. The number of ether oxygens (including phenoxy) is 1. The SMILES string of the molecule is COc1ccc(S(=O)(=O)N2CCC(=O)CC23CCC3)c(C)c1. The molecule has 0 radical (unpaired) electrons. The van der Waals surface area contributed by atoms with Gasteiger partial charge in [0.05, 0.1) is 12.0 Å². The molecule has 0 amide bonds. The molecule has 1 aliphatic heterocycles. The van der Waals surface area contributed by atoms with Crippen molar-refractivity contribution in [3.8, 4) is 5.75 Å². The van der Waals surface area contributed by atoms with Gasteiger partial charge in [0, 0.05) is 24.9 Å². The highest BCUT2D eigenvalue weighted by Gasteiger charge is 2.51. The molecule has 6 heteroatoms. The molecule has 1 saturated heterocycles. The lowest BCUT2D eigenvalue weighted by molar-refractivity contribution is -0.126. The summed E-state index contributed by atoms with van der Waals surface area (Å²) in [7, 11) is -2.03. The Bertz CT molecular complexity index is 707. The lowest BCUT2D eigenvalue weighted by Crippen LogP contribution is -2.60. The minimum absolute atomic E-state index is 0.178. The Balaban J connectivity index is 2.00. The quantitative estimate of drug-likeness (QED) is 0.856. The number of Topliss-reactive ketones (excluding diaryl/α,β-unsaturated/α-hetero) is 1. The van der Waals surface area contributed by atoms with Crippen LogP contribution in [0.3, 0.4) is 0 Å². The first kappa shape index (κ1) is 15.5. The molecule has 3 rings (SSSR count). The highest BCUT2D eigenvalue weighted by molar-refractivity contribution is 7.89. The van der Waals surface area contributed by atoms with Crippen molar-refractivity contribution in [1.82, 2.24) is 4.31 Å². The molecule has 2 aliphatic rings. The minimum atomic E-state index is -3.58. The van der Waals surface area contributed by atoms with Crippen LogP contribution >= 0.6 is 0 Å². The summed E-state index contributed by atoms with van der Waals surface area (Å²) in [4.78, 5) is 12.1. The van der Waals surface area contributed by atoms with E-state index in [9.17, 15) is 13.2 Å². The normalized spacial score (nSPS) is 21.6. The first-order valence-electron chi connectivity index (χ1n) is 7.58. The molecule has 0 N–H and O–H groups in total. The molecule has 1 aliphatic carbocycles. The van der Waals surface area contributed by atoms with Crippen LogP contribution in [0.4, 0.5) is 0 Å². The molecule has 120 valence electrons. The number of carbonyl (C=O) groups is 1. The van der Waals surface area contributed by atoms with Crippen LogP contribution in [-0.2, 0) is 14.8 Å². The number of rotatable bonds is 3. The summed E-state index contributed by atoms with van der Waals surface area (Å²) in [6, 6.07) is 5.00. The van der Waals surface area contributed by atoms with E-state index < -0.39 is 15.6 Å². The summed E-state index contributed by atoms with van der Waals surface area (Å²) in [6.07, 6.45) is 3.23. The summed E-state index contributed by atoms with van der Waals surface area (Å²) in [5.74, 6) is 0.821. The van der Waals surface area contributed by atoms with E-state index in [-0.39, 0.29) is 5.78 Å². The maximum absolute atomic E-state index is 13.1. The molecular formula is C16H21NO4S. The Kier molecular flexibility index (Phi) is 3.77. The van der Waals surface area contributed by atoms with Crippen molar-refractivity contribution < 1.29 is 17.9 Å². The minimum Gasteiger partial charge on any atom is -0.497 e. The van der Waals surface area contributed by atoms with Gasteiger partial charge >= 0.3 is 0 Å². The van der Waals surface area contributed by atoms with E-state index >= 15 is 0 Å². The second-order valence-corrected chi connectivity index (χ2v) is 8.08. The lowest BCUT2D eigenvalue weighted by atomic mass is 9.71. The fourth-order valence-electron chi connectivity index (χ4n) is 3.55. The third-order valence-corrected chi connectivity index (χ3v) is 7.05. The summed E-state index contributed by atoms with van der Waals surface area (Å²) in [6.45, 7) is 2.07. The molecule has 5 nitrogen and oxygen atoms in total. The summed E-state index contributed by atoms with van der Waals surface area (Å²) in [5.41, 5.74) is 0.200. The second kappa shape index (κ2) is 5.35. The van der Waals surface area contributed by atoms with Gasteiger partial charge in [0.1, 0.15) is 11.5 Å². The zero-order valence-corrected chi connectivity index (χ0v) is 13.8. The van der Waals surface area contributed by atoms with Gasteiger partial charge in [0.25, 0.3) is 0 Å². The molecule has 1 heterocycles. The average molecular weight is 323 g/mol. The van der Waals surface area contributed by atoms with Crippen molar-refractivity contribution in [1.29, 1.82) is 0 Å². The van der Waals surface area contributed by atoms with E-state index in [0.29, 0.717) is 35.6 Å². The Labute approximate surface area is 131 Å². The van der Waals surface area contributed by atoms with Crippen LogP contribution in [0.2, 0.25) is 0 Å². The lowest BCUT2D eigenvalue weighted by Gasteiger charge is -2.51. The number of benzene rings is 1.